The van der Waals surface area contributed by atoms with Gasteiger partial charge in [0.05, 0.1) is 5.69 Å². The summed E-state index contributed by atoms with van der Waals surface area (Å²) in [7, 11) is 0. The second kappa shape index (κ2) is 8.05. The first kappa shape index (κ1) is 17.9. The minimum absolute atomic E-state index is 0.506. The van der Waals surface area contributed by atoms with Crippen molar-refractivity contribution in [3.05, 3.63) is 109 Å². The van der Waals surface area contributed by atoms with Gasteiger partial charge in [0.1, 0.15) is 17.1 Å². The van der Waals surface area contributed by atoms with Gasteiger partial charge in [-0.1, -0.05) is 97.1 Å². The first-order valence-electron chi connectivity index (χ1n) is 9.77. The number of rotatable bonds is 4. The summed E-state index contributed by atoms with van der Waals surface area (Å²) < 4.78 is 0. The minimum atomic E-state index is 0.506. The van der Waals surface area contributed by atoms with Gasteiger partial charge >= 0.3 is 0 Å². The second-order valence-electron chi connectivity index (χ2n) is 6.84. The minimum Gasteiger partial charge on any atom is -0.244 e. The lowest BCUT2D eigenvalue weighted by atomic mass is 10.0. The highest BCUT2D eigenvalue weighted by atomic mass is 15.2. The van der Waals surface area contributed by atoms with E-state index in [9.17, 15) is 0 Å². The van der Waals surface area contributed by atoms with Crippen LogP contribution in [0.1, 0.15) is 0 Å². The Morgan fingerprint density at radius 2 is 0.900 bits per heavy atom. The molecule has 2 aromatic heterocycles. The fraction of sp³-hybridized carbons (Fsp3) is 0. The molecule has 0 fully saturated rings. The normalized spacial score (nSPS) is 10.7. The molecule has 5 aromatic rings. The SMILES string of the molecule is c1ccc(-c2cccc(-c3nnc(-c4ccccc4)c(-c4ccccc4)n3)n2)cc1. The zero-order chi connectivity index (χ0) is 20.2. The summed E-state index contributed by atoms with van der Waals surface area (Å²) in [5.41, 5.74) is 6.14. The number of pyridine rings is 1. The summed E-state index contributed by atoms with van der Waals surface area (Å²) in [5, 5.41) is 8.97. The predicted octanol–water partition coefficient (Wildman–Crippen LogP) is 5.93. The Balaban J connectivity index is 1.64. The number of hydrogen-bond acceptors (Lipinski definition) is 4. The van der Waals surface area contributed by atoms with Crippen LogP contribution in [0.5, 0.6) is 0 Å². The maximum Gasteiger partial charge on any atom is 0.201 e. The van der Waals surface area contributed by atoms with Crippen molar-refractivity contribution in [3.8, 4) is 45.3 Å². The lowest BCUT2D eigenvalue weighted by Crippen LogP contribution is -2.01. The van der Waals surface area contributed by atoms with Crippen LogP contribution in [0.25, 0.3) is 45.3 Å². The Morgan fingerprint density at radius 1 is 0.367 bits per heavy atom. The van der Waals surface area contributed by atoms with Crippen LogP contribution in [0.4, 0.5) is 0 Å². The third kappa shape index (κ3) is 3.59. The molecule has 0 spiro atoms. The Kier molecular flexibility index (Phi) is 4.80. The van der Waals surface area contributed by atoms with Crippen LogP contribution in [-0.4, -0.2) is 20.2 Å². The van der Waals surface area contributed by atoms with Crippen molar-refractivity contribution < 1.29 is 0 Å². The molecule has 2 heterocycles. The molecule has 0 saturated heterocycles. The van der Waals surface area contributed by atoms with E-state index < -0.39 is 0 Å². The average molecular weight is 386 g/mol. The maximum absolute atomic E-state index is 4.89. The van der Waals surface area contributed by atoms with Crippen LogP contribution in [0.15, 0.2) is 109 Å². The summed E-state index contributed by atoms with van der Waals surface area (Å²) in [5.74, 6) is 0.506. The molecule has 4 nitrogen and oxygen atoms in total. The molecule has 0 radical (unpaired) electrons. The van der Waals surface area contributed by atoms with Crippen LogP contribution in [-0.2, 0) is 0 Å². The van der Waals surface area contributed by atoms with Crippen molar-refractivity contribution in [2.24, 2.45) is 0 Å². The number of nitrogens with zero attached hydrogens (tertiary/aromatic N) is 4. The summed E-state index contributed by atoms with van der Waals surface area (Å²) in [6.45, 7) is 0. The van der Waals surface area contributed by atoms with Crippen molar-refractivity contribution in [1.82, 2.24) is 20.2 Å². The van der Waals surface area contributed by atoms with Crippen LogP contribution in [0.2, 0.25) is 0 Å². The highest BCUT2D eigenvalue weighted by Gasteiger charge is 2.15. The van der Waals surface area contributed by atoms with E-state index in [0.29, 0.717) is 11.5 Å². The molecular weight excluding hydrogens is 368 g/mol. The number of hydrogen-bond donors (Lipinski definition) is 0. The molecule has 5 rings (SSSR count). The van der Waals surface area contributed by atoms with Gasteiger partial charge in [-0.2, -0.15) is 0 Å². The standard InChI is InChI=1S/C26H18N4/c1-4-11-19(12-5-1)22-17-10-18-23(27-22)26-28-24(20-13-6-2-7-14-20)25(29-30-26)21-15-8-3-9-16-21/h1-18H. The van der Waals surface area contributed by atoms with Gasteiger partial charge in [0, 0.05) is 16.7 Å². The Hall–Kier alpha value is -4.18. The molecule has 0 atom stereocenters. The fourth-order valence-corrected chi connectivity index (χ4v) is 3.35. The molecule has 0 saturated carbocycles. The first-order chi connectivity index (χ1) is 14.9. The Morgan fingerprint density at radius 3 is 1.53 bits per heavy atom. The predicted molar refractivity (Wildman–Crippen MR) is 119 cm³/mol. The Bertz CT molecular complexity index is 1270. The lowest BCUT2D eigenvalue weighted by Gasteiger charge is -2.10. The molecule has 0 bridgehead atoms. The average Bonchev–Trinajstić information content (AvgIpc) is 2.85. The molecule has 3 aromatic carbocycles. The molecule has 0 aliphatic heterocycles. The molecule has 0 aliphatic rings. The van der Waals surface area contributed by atoms with E-state index in [1.807, 2.05) is 109 Å². The monoisotopic (exact) mass is 386 g/mol. The topological polar surface area (TPSA) is 51.6 Å². The molecule has 30 heavy (non-hydrogen) atoms. The van der Waals surface area contributed by atoms with Gasteiger partial charge in [-0.15, -0.1) is 10.2 Å². The van der Waals surface area contributed by atoms with Crippen molar-refractivity contribution >= 4 is 0 Å². The van der Waals surface area contributed by atoms with Gasteiger partial charge in [0.15, 0.2) is 0 Å². The highest BCUT2D eigenvalue weighted by molar-refractivity contribution is 5.78. The van der Waals surface area contributed by atoms with E-state index in [2.05, 4.69) is 10.2 Å². The summed E-state index contributed by atoms with van der Waals surface area (Å²) >= 11 is 0. The zero-order valence-corrected chi connectivity index (χ0v) is 16.2. The number of benzene rings is 3. The highest BCUT2D eigenvalue weighted by Crippen LogP contribution is 2.30. The van der Waals surface area contributed by atoms with Gasteiger partial charge in [-0.25, -0.2) is 9.97 Å². The van der Waals surface area contributed by atoms with Crippen molar-refractivity contribution in [3.63, 3.8) is 0 Å². The van der Waals surface area contributed by atoms with Crippen LogP contribution in [0.3, 0.4) is 0 Å². The van der Waals surface area contributed by atoms with Crippen molar-refractivity contribution in [2.45, 2.75) is 0 Å². The van der Waals surface area contributed by atoms with E-state index in [-0.39, 0.29) is 0 Å². The summed E-state index contributed by atoms with van der Waals surface area (Å²) in [4.78, 5) is 9.67. The van der Waals surface area contributed by atoms with Crippen molar-refractivity contribution in [1.29, 1.82) is 0 Å². The molecule has 0 unspecified atom stereocenters. The first-order valence-corrected chi connectivity index (χ1v) is 9.77. The molecule has 142 valence electrons. The van der Waals surface area contributed by atoms with Gasteiger partial charge in [0.2, 0.25) is 5.82 Å². The largest absolute Gasteiger partial charge is 0.244 e. The van der Waals surface area contributed by atoms with Crippen LogP contribution in [0, 0.1) is 0 Å². The summed E-state index contributed by atoms with van der Waals surface area (Å²) in [6, 6.07) is 36.0. The van der Waals surface area contributed by atoms with Gasteiger partial charge in [0.25, 0.3) is 0 Å². The van der Waals surface area contributed by atoms with Crippen molar-refractivity contribution in [2.75, 3.05) is 0 Å². The third-order valence-electron chi connectivity index (χ3n) is 4.83. The molecule has 0 amide bonds. The maximum atomic E-state index is 4.89. The molecule has 0 N–H and O–H groups in total. The second-order valence-corrected chi connectivity index (χ2v) is 6.84. The smallest absolute Gasteiger partial charge is 0.201 e. The molecular formula is C26H18N4. The summed E-state index contributed by atoms with van der Waals surface area (Å²) in [6.07, 6.45) is 0. The number of aromatic nitrogens is 4. The lowest BCUT2D eigenvalue weighted by molar-refractivity contribution is 0.982. The van der Waals surface area contributed by atoms with E-state index >= 15 is 0 Å². The van der Waals surface area contributed by atoms with E-state index in [0.717, 1.165) is 33.8 Å². The quantitative estimate of drug-likeness (QED) is 0.384. The van der Waals surface area contributed by atoms with E-state index in [1.54, 1.807) is 0 Å². The van der Waals surface area contributed by atoms with E-state index in [1.165, 1.54) is 0 Å². The van der Waals surface area contributed by atoms with Gasteiger partial charge in [-0.05, 0) is 12.1 Å². The van der Waals surface area contributed by atoms with Crippen LogP contribution < -0.4 is 0 Å². The van der Waals surface area contributed by atoms with Gasteiger partial charge < -0.3 is 0 Å². The zero-order valence-electron chi connectivity index (χ0n) is 16.2. The molecule has 4 heteroatoms. The van der Waals surface area contributed by atoms with Crippen LogP contribution >= 0.6 is 0 Å². The van der Waals surface area contributed by atoms with Gasteiger partial charge in [-0.3, -0.25) is 0 Å². The Labute approximate surface area is 175 Å². The molecule has 0 aliphatic carbocycles. The van der Waals surface area contributed by atoms with E-state index in [4.69, 9.17) is 9.97 Å². The third-order valence-corrected chi connectivity index (χ3v) is 4.83. The fourth-order valence-electron chi connectivity index (χ4n) is 3.35.